The van der Waals surface area contributed by atoms with Crippen LogP contribution in [0.25, 0.3) is 0 Å². The average molecular weight is 307 g/mol. The average Bonchev–Trinajstić information content (AvgIpc) is 2.29. The number of hydrogen-bond donors (Lipinski definition) is 1. The van der Waals surface area contributed by atoms with E-state index in [0.717, 1.165) is 4.47 Å². The highest BCUT2D eigenvalue weighted by Gasteiger charge is 2.13. The van der Waals surface area contributed by atoms with Gasteiger partial charge in [0.15, 0.2) is 0 Å². The standard InChI is InChI=1S/C11H13BrClNO2/c1-7(6-13)14-11(15)9-5-8(16-2)3-4-10(9)12/h3-5,7H,6H2,1-2H3,(H,14,15). The van der Waals surface area contributed by atoms with Gasteiger partial charge in [-0.3, -0.25) is 4.79 Å². The molecule has 0 saturated heterocycles. The van der Waals surface area contributed by atoms with Gasteiger partial charge in [0, 0.05) is 16.4 Å². The summed E-state index contributed by atoms with van der Waals surface area (Å²) in [4.78, 5) is 11.8. The number of alkyl halides is 1. The van der Waals surface area contributed by atoms with Gasteiger partial charge in [0.05, 0.1) is 12.7 Å². The molecule has 1 N–H and O–H groups in total. The van der Waals surface area contributed by atoms with Crippen molar-refractivity contribution in [1.82, 2.24) is 5.32 Å². The van der Waals surface area contributed by atoms with Crippen molar-refractivity contribution in [3.63, 3.8) is 0 Å². The van der Waals surface area contributed by atoms with E-state index in [1.165, 1.54) is 0 Å². The lowest BCUT2D eigenvalue weighted by molar-refractivity contribution is 0.0942. The molecule has 1 rings (SSSR count). The molecular weight excluding hydrogens is 293 g/mol. The maximum absolute atomic E-state index is 11.8. The SMILES string of the molecule is COc1ccc(Br)c(C(=O)NC(C)CCl)c1. The van der Waals surface area contributed by atoms with Crippen molar-refractivity contribution in [2.45, 2.75) is 13.0 Å². The summed E-state index contributed by atoms with van der Waals surface area (Å²) in [7, 11) is 1.56. The van der Waals surface area contributed by atoms with Crippen molar-refractivity contribution in [2.24, 2.45) is 0 Å². The van der Waals surface area contributed by atoms with E-state index in [4.69, 9.17) is 16.3 Å². The number of methoxy groups -OCH3 is 1. The Morgan fingerprint density at radius 2 is 2.31 bits per heavy atom. The normalized spacial score (nSPS) is 12.0. The summed E-state index contributed by atoms with van der Waals surface area (Å²) in [5.74, 6) is 0.860. The van der Waals surface area contributed by atoms with Crippen LogP contribution >= 0.6 is 27.5 Å². The summed E-state index contributed by atoms with van der Waals surface area (Å²) in [6.07, 6.45) is 0. The number of halogens is 2. The number of carbonyl (C=O) groups is 1. The van der Waals surface area contributed by atoms with E-state index in [0.29, 0.717) is 17.2 Å². The number of nitrogens with one attached hydrogen (secondary N) is 1. The second kappa shape index (κ2) is 6.11. The summed E-state index contributed by atoms with van der Waals surface area (Å²) < 4.78 is 5.79. The molecule has 16 heavy (non-hydrogen) atoms. The molecule has 0 heterocycles. The van der Waals surface area contributed by atoms with Crippen LogP contribution in [0.3, 0.4) is 0 Å². The zero-order valence-electron chi connectivity index (χ0n) is 9.09. The summed E-state index contributed by atoms with van der Waals surface area (Å²) in [5.41, 5.74) is 0.538. The van der Waals surface area contributed by atoms with Gasteiger partial charge in [0.25, 0.3) is 5.91 Å². The largest absolute Gasteiger partial charge is 0.497 e. The zero-order chi connectivity index (χ0) is 12.1. The maximum Gasteiger partial charge on any atom is 0.252 e. The number of hydrogen-bond acceptors (Lipinski definition) is 2. The number of rotatable bonds is 4. The lowest BCUT2D eigenvalue weighted by Crippen LogP contribution is -2.33. The first kappa shape index (κ1) is 13.3. The highest BCUT2D eigenvalue weighted by molar-refractivity contribution is 9.10. The minimum absolute atomic E-state index is 0.0627. The van der Waals surface area contributed by atoms with E-state index < -0.39 is 0 Å². The third-order valence-electron chi connectivity index (χ3n) is 2.03. The summed E-state index contributed by atoms with van der Waals surface area (Å²) in [6.45, 7) is 1.85. The molecular formula is C11H13BrClNO2. The fourth-order valence-electron chi connectivity index (χ4n) is 1.15. The Kier molecular flexibility index (Phi) is 5.09. The number of amides is 1. The highest BCUT2D eigenvalue weighted by Crippen LogP contribution is 2.22. The topological polar surface area (TPSA) is 38.3 Å². The van der Waals surface area contributed by atoms with Crippen LogP contribution in [0.15, 0.2) is 22.7 Å². The van der Waals surface area contributed by atoms with E-state index in [2.05, 4.69) is 21.2 Å². The molecule has 1 aromatic rings. The summed E-state index contributed by atoms with van der Waals surface area (Å²) >= 11 is 8.95. The lowest BCUT2D eigenvalue weighted by Gasteiger charge is -2.12. The maximum atomic E-state index is 11.8. The van der Waals surface area contributed by atoms with E-state index in [1.54, 1.807) is 25.3 Å². The van der Waals surface area contributed by atoms with Crippen LogP contribution in [0, 0.1) is 0 Å². The number of benzene rings is 1. The zero-order valence-corrected chi connectivity index (χ0v) is 11.4. The molecule has 0 aliphatic heterocycles. The summed E-state index contributed by atoms with van der Waals surface area (Å²) in [6, 6.07) is 5.18. The van der Waals surface area contributed by atoms with Crippen LogP contribution in [-0.2, 0) is 0 Å². The fraction of sp³-hybridized carbons (Fsp3) is 0.364. The van der Waals surface area contributed by atoms with Gasteiger partial charge >= 0.3 is 0 Å². The van der Waals surface area contributed by atoms with Crippen molar-refractivity contribution >= 4 is 33.4 Å². The second-order valence-electron chi connectivity index (χ2n) is 3.37. The lowest BCUT2D eigenvalue weighted by atomic mass is 10.2. The van der Waals surface area contributed by atoms with E-state index in [1.807, 2.05) is 6.92 Å². The number of carbonyl (C=O) groups excluding carboxylic acids is 1. The van der Waals surface area contributed by atoms with Crippen molar-refractivity contribution in [3.05, 3.63) is 28.2 Å². The predicted octanol–water partition coefficient (Wildman–Crippen LogP) is 2.81. The quantitative estimate of drug-likeness (QED) is 0.869. The van der Waals surface area contributed by atoms with Gasteiger partial charge in [-0.2, -0.15) is 0 Å². The molecule has 3 nitrogen and oxygen atoms in total. The third kappa shape index (κ3) is 3.39. The Morgan fingerprint density at radius 3 is 2.88 bits per heavy atom. The fourth-order valence-corrected chi connectivity index (χ4v) is 1.65. The van der Waals surface area contributed by atoms with Crippen molar-refractivity contribution in [3.8, 4) is 5.75 Å². The molecule has 0 saturated carbocycles. The number of ether oxygens (including phenoxy) is 1. The van der Waals surface area contributed by atoms with Crippen molar-refractivity contribution in [2.75, 3.05) is 13.0 Å². The van der Waals surface area contributed by atoms with Gasteiger partial charge in [-0.25, -0.2) is 0 Å². The van der Waals surface area contributed by atoms with Gasteiger partial charge in [-0.15, -0.1) is 11.6 Å². The Balaban J connectivity index is 2.89. The van der Waals surface area contributed by atoms with Crippen LogP contribution in [0.5, 0.6) is 5.75 Å². The molecule has 0 aromatic heterocycles. The van der Waals surface area contributed by atoms with E-state index in [-0.39, 0.29) is 11.9 Å². The van der Waals surface area contributed by atoms with Gasteiger partial charge in [0.2, 0.25) is 0 Å². The Labute approximate surface area is 108 Å². The van der Waals surface area contributed by atoms with Crippen LogP contribution in [0.4, 0.5) is 0 Å². The van der Waals surface area contributed by atoms with Gasteiger partial charge in [-0.05, 0) is 41.1 Å². The molecule has 1 amide bonds. The first-order valence-corrected chi connectivity index (χ1v) is 6.11. The third-order valence-corrected chi connectivity index (χ3v) is 3.18. The Hall–Kier alpha value is -0.740. The predicted molar refractivity (Wildman–Crippen MR) is 68.3 cm³/mol. The van der Waals surface area contributed by atoms with Gasteiger partial charge < -0.3 is 10.1 Å². The molecule has 1 unspecified atom stereocenters. The minimum atomic E-state index is -0.168. The van der Waals surface area contributed by atoms with Crippen LogP contribution < -0.4 is 10.1 Å². The minimum Gasteiger partial charge on any atom is -0.497 e. The molecule has 88 valence electrons. The first-order chi connectivity index (χ1) is 7.58. The Bertz CT molecular complexity index is 384. The summed E-state index contributed by atoms with van der Waals surface area (Å²) in [5, 5.41) is 2.78. The van der Waals surface area contributed by atoms with Gasteiger partial charge in [0.1, 0.15) is 5.75 Å². The molecule has 0 bridgehead atoms. The first-order valence-electron chi connectivity index (χ1n) is 4.79. The van der Waals surface area contributed by atoms with Crippen LogP contribution in [-0.4, -0.2) is 24.9 Å². The molecule has 0 fully saturated rings. The molecule has 1 aromatic carbocycles. The molecule has 0 spiro atoms. The smallest absolute Gasteiger partial charge is 0.252 e. The van der Waals surface area contributed by atoms with Crippen molar-refractivity contribution in [1.29, 1.82) is 0 Å². The van der Waals surface area contributed by atoms with Crippen LogP contribution in [0.2, 0.25) is 0 Å². The van der Waals surface area contributed by atoms with Gasteiger partial charge in [-0.1, -0.05) is 0 Å². The highest BCUT2D eigenvalue weighted by atomic mass is 79.9. The van der Waals surface area contributed by atoms with Crippen molar-refractivity contribution < 1.29 is 9.53 Å². The van der Waals surface area contributed by atoms with E-state index >= 15 is 0 Å². The van der Waals surface area contributed by atoms with E-state index in [9.17, 15) is 4.79 Å². The second-order valence-corrected chi connectivity index (χ2v) is 4.54. The Morgan fingerprint density at radius 1 is 1.62 bits per heavy atom. The monoisotopic (exact) mass is 305 g/mol. The molecule has 1 atom stereocenters. The van der Waals surface area contributed by atoms with Crippen LogP contribution in [0.1, 0.15) is 17.3 Å². The molecule has 0 aliphatic rings. The molecule has 5 heteroatoms. The molecule has 0 aliphatic carbocycles. The molecule has 0 radical (unpaired) electrons.